The van der Waals surface area contributed by atoms with Crippen molar-refractivity contribution in [3.63, 3.8) is 0 Å². The van der Waals surface area contributed by atoms with Crippen LogP contribution in [0.5, 0.6) is 0 Å². The summed E-state index contributed by atoms with van der Waals surface area (Å²) in [5.41, 5.74) is 0.363. The predicted octanol–water partition coefficient (Wildman–Crippen LogP) is 3.52. The van der Waals surface area contributed by atoms with Crippen LogP contribution in [0.3, 0.4) is 0 Å². The Hall–Kier alpha value is -0.0800. The van der Waals surface area contributed by atoms with E-state index in [-0.39, 0.29) is 0 Å². The molecule has 0 saturated carbocycles. The van der Waals surface area contributed by atoms with Gasteiger partial charge in [0.2, 0.25) is 0 Å². The van der Waals surface area contributed by atoms with Crippen molar-refractivity contribution in [1.29, 1.82) is 0 Å². The van der Waals surface area contributed by atoms with Crippen LogP contribution in [-0.4, -0.2) is 36.1 Å². The third-order valence-electron chi connectivity index (χ3n) is 5.22. The molecule has 2 unspecified atom stereocenters. The fraction of sp³-hybridized carbons (Fsp3) is 1.00. The number of nitrogens with zero attached hydrogens (tertiary/aromatic N) is 1. The molecule has 1 fully saturated rings. The van der Waals surface area contributed by atoms with E-state index in [4.69, 9.17) is 0 Å². The molecule has 1 heterocycles. The van der Waals surface area contributed by atoms with Gasteiger partial charge in [0.1, 0.15) is 0 Å². The van der Waals surface area contributed by atoms with E-state index in [1.54, 1.807) is 0 Å². The summed E-state index contributed by atoms with van der Waals surface area (Å²) in [7, 11) is 0. The minimum absolute atomic E-state index is 0.363. The molecule has 1 aliphatic heterocycles. The molecule has 1 N–H and O–H groups in total. The molecule has 0 spiro atoms. The highest BCUT2D eigenvalue weighted by atomic mass is 15.3. The van der Waals surface area contributed by atoms with Gasteiger partial charge in [-0.2, -0.15) is 0 Å². The van der Waals surface area contributed by atoms with Crippen molar-refractivity contribution in [3.8, 4) is 0 Å². The average molecular weight is 254 g/mol. The van der Waals surface area contributed by atoms with Crippen molar-refractivity contribution >= 4 is 0 Å². The summed E-state index contributed by atoms with van der Waals surface area (Å²) in [4.78, 5) is 2.76. The average Bonchev–Trinajstić information content (AvgIpc) is 2.38. The summed E-state index contributed by atoms with van der Waals surface area (Å²) in [6, 6.07) is 0.734. The van der Waals surface area contributed by atoms with Crippen molar-refractivity contribution in [3.05, 3.63) is 0 Å². The topological polar surface area (TPSA) is 15.3 Å². The van der Waals surface area contributed by atoms with Gasteiger partial charge in [-0.25, -0.2) is 0 Å². The van der Waals surface area contributed by atoms with Crippen LogP contribution in [0.2, 0.25) is 0 Å². The van der Waals surface area contributed by atoms with E-state index in [2.05, 4.69) is 51.8 Å². The second-order valence-corrected chi connectivity index (χ2v) is 6.58. The van der Waals surface area contributed by atoms with E-state index < -0.39 is 0 Å². The van der Waals surface area contributed by atoms with E-state index in [0.717, 1.165) is 17.9 Å². The second kappa shape index (κ2) is 6.91. The standard InChI is InChI=1S/C16H34N2/c1-7-15-10-17-16(8-2,9-3)12-18(15)11-14(6)13(4)5/h13-15,17H,7-12H2,1-6H3. The van der Waals surface area contributed by atoms with Crippen molar-refractivity contribution in [2.45, 2.75) is 72.4 Å². The van der Waals surface area contributed by atoms with Crippen LogP contribution in [0.15, 0.2) is 0 Å². The van der Waals surface area contributed by atoms with Gasteiger partial charge < -0.3 is 5.32 Å². The maximum Gasteiger partial charge on any atom is 0.0304 e. The highest BCUT2D eigenvalue weighted by molar-refractivity contribution is 4.96. The van der Waals surface area contributed by atoms with E-state index in [1.165, 1.54) is 38.9 Å². The molecular formula is C16H34N2. The first kappa shape index (κ1) is 16.0. The Morgan fingerprint density at radius 3 is 2.22 bits per heavy atom. The third-order valence-corrected chi connectivity index (χ3v) is 5.22. The fourth-order valence-electron chi connectivity index (χ4n) is 2.96. The first-order valence-corrected chi connectivity index (χ1v) is 7.97. The van der Waals surface area contributed by atoms with Gasteiger partial charge in [-0.15, -0.1) is 0 Å². The molecule has 0 aromatic heterocycles. The second-order valence-electron chi connectivity index (χ2n) is 6.58. The summed E-state index contributed by atoms with van der Waals surface area (Å²) in [5, 5.41) is 3.82. The Kier molecular flexibility index (Phi) is 6.13. The van der Waals surface area contributed by atoms with Crippen LogP contribution in [0, 0.1) is 11.8 Å². The molecular weight excluding hydrogens is 220 g/mol. The van der Waals surface area contributed by atoms with Crippen LogP contribution in [-0.2, 0) is 0 Å². The molecule has 2 atom stereocenters. The number of piperazine rings is 1. The summed E-state index contributed by atoms with van der Waals surface area (Å²) >= 11 is 0. The lowest BCUT2D eigenvalue weighted by Gasteiger charge is -2.48. The molecule has 1 aliphatic rings. The molecule has 0 aliphatic carbocycles. The van der Waals surface area contributed by atoms with Gasteiger partial charge in [0.05, 0.1) is 0 Å². The van der Waals surface area contributed by atoms with Crippen LogP contribution in [0.25, 0.3) is 0 Å². The Morgan fingerprint density at radius 1 is 1.17 bits per heavy atom. The molecule has 1 saturated heterocycles. The van der Waals surface area contributed by atoms with Gasteiger partial charge in [-0.05, 0) is 31.1 Å². The Morgan fingerprint density at radius 2 is 1.78 bits per heavy atom. The smallest absolute Gasteiger partial charge is 0.0304 e. The monoisotopic (exact) mass is 254 g/mol. The third kappa shape index (κ3) is 3.71. The number of rotatable bonds is 6. The van der Waals surface area contributed by atoms with Crippen LogP contribution in [0.4, 0.5) is 0 Å². The highest BCUT2D eigenvalue weighted by Crippen LogP contribution is 2.25. The van der Waals surface area contributed by atoms with Crippen LogP contribution < -0.4 is 5.32 Å². The molecule has 108 valence electrons. The minimum atomic E-state index is 0.363. The van der Waals surface area contributed by atoms with Gasteiger partial charge in [-0.1, -0.05) is 41.5 Å². The van der Waals surface area contributed by atoms with E-state index >= 15 is 0 Å². The van der Waals surface area contributed by atoms with E-state index in [0.29, 0.717) is 5.54 Å². The lowest BCUT2D eigenvalue weighted by molar-refractivity contribution is 0.0534. The Bertz CT molecular complexity index is 233. The lowest BCUT2D eigenvalue weighted by Crippen LogP contribution is -2.64. The van der Waals surface area contributed by atoms with E-state index in [1.807, 2.05) is 0 Å². The molecule has 0 amide bonds. The fourth-order valence-corrected chi connectivity index (χ4v) is 2.96. The first-order chi connectivity index (χ1) is 8.48. The molecule has 0 bridgehead atoms. The largest absolute Gasteiger partial charge is 0.308 e. The van der Waals surface area contributed by atoms with Crippen molar-refractivity contribution in [2.24, 2.45) is 11.8 Å². The Balaban J connectivity index is 2.70. The molecule has 1 rings (SSSR count). The van der Waals surface area contributed by atoms with Crippen LogP contribution >= 0.6 is 0 Å². The minimum Gasteiger partial charge on any atom is -0.308 e. The van der Waals surface area contributed by atoms with Gasteiger partial charge in [0, 0.05) is 31.2 Å². The molecule has 2 heteroatoms. The number of hydrogen-bond donors (Lipinski definition) is 1. The zero-order chi connectivity index (χ0) is 13.8. The number of nitrogens with one attached hydrogen (secondary N) is 1. The Labute approximate surface area is 115 Å². The maximum atomic E-state index is 3.82. The summed E-state index contributed by atoms with van der Waals surface area (Å²) in [6.45, 7) is 17.7. The summed E-state index contributed by atoms with van der Waals surface area (Å²) in [6.07, 6.45) is 3.75. The molecule has 2 nitrogen and oxygen atoms in total. The molecule has 0 radical (unpaired) electrons. The summed E-state index contributed by atoms with van der Waals surface area (Å²) < 4.78 is 0. The number of hydrogen-bond acceptors (Lipinski definition) is 2. The van der Waals surface area contributed by atoms with Gasteiger partial charge in [-0.3, -0.25) is 4.90 Å². The quantitative estimate of drug-likeness (QED) is 0.780. The molecule has 18 heavy (non-hydrogen) atoms. The van der Waals surface area contributed by atoms with Crippen molar-refractivity contribution in [1.82, 2.24) is 10.2 Å². The highest BCUT2D eigenvalue weighted by Gasteiger charge is 2.36. The maximum absolute atomic E-state index is 3.82. The zero-order valence-electron chi connectivity index (χ0n) is 13.4. The SMILES string of the molecule is CCC1CNC(CC)(CC)CN1CC(C)C(C)C. The first-order valence-electron chi connectivity index (χ1n) is 7.97. The van der Waals surface area contributed by atoms with Gasteiger partial charge in [0.15, 0.2) is 0 Å². The van der Waals surface area contributed by atoms with E-state index in [9.17, 15) is 0 Å². The normalized spacial score (nSPS) is 26.5. The molecule has 0 aromatic rings. The van der Waals surface area contributed by atoms with Crippen LogP contribution in [0.1, 0.15) is 60.8 Å². The van der Waals surface area contributed by atoms with Gasteiger partial charge in [0.25, 0.3) is 0 Å². The predicted molar refractivity (Wildman–Crippen MR) is 81.0 cm³/mol. The lowest BCUT2D eigenvalue weighted by atomic mass is 9.86. The van der Waals surface area contributed by atoms with Crippen molar-refractivity contribution in [2.75, 3.05) is 19.6 Å². The molecule has 0 aromatic carbocycles. The van der Waals surface area contributed by atoms with Crippen molar-refractivity contribution < 1.29 is 0 Å². The summed E-state index contributed by atoms with van der Waals surface area (Å²) in [5.74, 6) is 1.58. The zero-order valence-corrected chi connectivity index (χ0v) is 13.4. The van der Waals surface area contributed by atoms with Gasteiger partial charge >= 0.3 is 0 Å².